The maximum atomic E-state index is 12.7. The first kappa shape index (κ1) is 57.2. The molecule has 0 amide bonds. The fraction of sp³-hybridized carbons (Fsp3) is 0.939. The van der Waals surface area contributed by atoms with Gasteiger partial charge < -0.3 is 27.9 Å². The monoisotopic (exact) mass is 844 g/mol. The molecule has 0 spiro atoms. The minimum Gasteiger partial charge on any atom is -0.756 e. The molecule has 0 saturated carbocycles. The Morgan fingerprint density at radius 2 is 0.897 bits per heavy atom. The number of unbranched alkanes of at least 4 members (excludes halogenated alkanes) is 31. The van der Waals surface area contributed by atoms with E-state index in [0.717, 1.165) is 32.1 Å². The zero-order valence-corrected chi connectivity index (χ0v) is 40.2. The van der Waals surface area contributed by atoms with Crippen LogP contribution in [-0.4, -0.2) is 70.7 Å². The summed E-state index contributed by atoms with van der Waals surface area (Å²) >= 11 is 0. The number of phosphoric ester groups is 1. The summed E-state index contributed by atoms with van der Waals surface area (Å²) in [5.41, 5.74) is 0. The molecule has 58 heavy (non-hydrogen) atoms. The molecule has 2 atom stereocenters. The van der Waals surface area contributed by atoms with Crippen LogP contribution >= 0.6 is 7.82 Å². The minimum absolute atomic E-state index is 0.0298. The Hall–Kier alpha value is -0.760. The molecule has 0 bridgehead atoms. The SMILES string of the molecule is CCCCCCCCCC/C=C\CCCCCCCCCCCCCCCC(=O)OC(COCCCCCCCCCCCCC)COP(=O)([O-])OCC[N+](C)(C)C. The summed E-state index contributed by atoms with van der Waals surface area (Å²) in [7, 11) is 1.37. The van der Waals surface area contributed by atoms with Crippen LogP contribution in [0, 0.1) is 0 Å². The van der Waals surface area contributed by atoms with Crippen molar-refractivity contribution in [3.8, 4) is 0 Å². The van der Waals surface area contributed by atoms with Gasteiger partial charge in [0.2, 0.25) is 0 Å². The van der Waals surface area contributed by atoms with Gasteiger partial charge in [-0.25, -0.2) is 0 Å². The van der Waals surface area contributed by atoms with Gasteiger partial charge in [0, 0.05) is 13.0 Å². The second-order valence-electron chi connectivity index (χ2n) is 18.2. The van der Waals surface area contributed by atoms with E-state index in [1.165, 1.54) is 186 Å². The third-order valence-corrected chi connectivity index (χ3v) is 12.0. The van der Waals surface area contributed by atoms with E-state index in [-0.39, 0.29) is 25.8 Å². The van der Waals surface area contributed by atoms with Gasteiger partial charge in [0.1, 0.15) is 19.3 Å². The van der Waals surface area contributed by atoms with Crippen molar-refractivity contribution < 1.29 is 37.3 Å². The number of hydrogen-bond donors (Lipinski definition) is 0. The smallest absolute Gasteiger partial charge is 0.306 e. The van der Waals surface area contributed by atoms with Gasteiger partial charge in [-0.05, 0) is 38.5 Å². The van der Waals surface area contributed by atoms with E-state index < -0.39 is 13.9 Å². The molecular formula is C49H98NO7P. The van der Waals surface area contributed by atoms with Crippen LogP contribution in [0.15, 0.2) is 12.2 Å². The Morgan fingerprint density at radius 3 is 1.31 bits per heavy atom. The summed E-state index contributed by atoms with van der Waals surface area (Å²) < 4.78 is 34.6. The quantitative estimate of drug-likeness (QED) is 0.0198. The standard InChI is InChI=1S/C49H98NO7P/c1-6-8-10-12-14-16-18-19-20-21-22-23-24-25-26-27-28-29-30-31-32-34-36-38-40-42-49(51)57-48(47-56-58(52,53)55-45-43-50(3,4)5)46-54-44-41-39-37-35-33-17-15-13-11-9-7-2/h21-22,48H,6-20,23-47H2,1-5H3/b22-21-. The van der Waals surface area contributed by atoms with Crippen molar-refractivity contribution in [2.45, 2.75) is 245 Å². The number of rotatable bonds is 47. The number of nitrogens with zero attached hydrogens (tertiary/aromatic N) is 1. The zero-order valence-electron chi connectivity index (χ0n) is 39.3. The van der Waals surface area contributed by atoms with E-state index in [1.807, 2.05) is 21.1 Å². The molecule has 8 nitrogen and oxygen atoms in total. The lowest BCUT2D eigenvalue weighted by molar-refractivity contribution is -0.870. The van der Waals surface area contributed by atoms with Crippen molar-refractivity contribution in [2.75, 3.05) is 54.1 Å². The molecule has 0 aliphatic rings. The lowest BCUT2D eigenvalue weighted by Gasteiger charge is -2.28. The van der Waals surface area contributed by atoms with Gasteiger partial charge in [-0.1, -0.05) is 206 Å². The normalized spacial score (nSPS) is 13.7. The van der Waals surface area contributed by atoms with Crippen molar-refractivity contribution in [3.63, 3.8) is 0 Å². The van der Waals surface area contributed by atoms with Crippen LogP contribution in [-0.2, 0) is 27.9 Å². The fourth-order valence-corrected chi connectivity index (χ4v) is 7.92. The Bertz CT molecular complexity index is 940. The summed E-state index contributed by atoms with van der Waals surface area (Å²) in [4.78, 5) is 25.1. The van der Waals surface area contributed by atoms with Gasteiger partial charge in [-0.15, -0.1) is 0 Å². The number of quaternary nitrogens is 1. The fourth-order valence-electron chi connectivity index (χ4n) is 7.19. The first-order chi connectivity index (χ1) is 28.1. The van der Waals surface area contributed by atoms with Crippen molar-refractivity contribution in [1.29, 1.82) is 0 Å². The number of phosphoric acid groups is 1. The molecule has 0 aromatic carbocycles. The molecule has 0 N–H and O–H groups in total. The minimum atomic E-state index is -4.52. The number of carbonyl (C=O) groups excluding carboxylic acids is 1. The highest BCUT2D eigenvalue weighted by atomic mass is 31.2. The summed E-state index contributed by atoms with van der Waals surface area (Å²) in [6, 6.07) is 0. The Morgan fingerprint density at radius 1 is 0.517 bits per heavy atom. The Balaban J connectivity index is 4.01. The molecule has 0 aromatic rings. The predicted molar refractivity (Wildman–Crippen MR) is 245 cm³/mol. The maximum Gasteiger partial charge on any atom is 0.306 e. The zero-order chi connectivity index (χ0) is 42.7. The van der Waals surface area contributed by atoms with Crippen LogP contribution in [0.2, 0.25) is 0 Å². The summed E-state index contributed by atoms with van der Waals surface area (Å²) in [5.74, 6) is -0.330. The lowest BCUT2D eigenvalue weighted by Crippen LogP contribution is -2.37. The molecule has 0 radical (unpaired) electrons. The second-order valence-corrected chi connectivity index (χ2v) is 19.6. The van der Waals surface area contributed by atoms with Gasteiger partial charge >= 0.3 is 5.97 Å². The molecule has 0 aliphatic heterocycles. The van der Waals surface area contributed by atoms with Gasteiger partial charge in [-0.2, -0.15) is 0 Å². The molecule has 0 heterocycles. The van der Waals surface area contributed by atoms with Gasteiger partial charge in [0.25, 0.3) is 7.82 Å². The molecule has 346 valence electrons. The Labute approximate surface area is 360 Å². The van der Waals surface area contributed by atoms with Crippen molar-refractivity contribution in [3.05, 3.63) is 12.2 Å². The molecule has 0 fully saturated rings. The van der Waals surface area contributed by atoms with Gasteiger partial charge in [0.05, 0.1) is 34.4 Å². The first-order valence-corrected chi connectivity index (χ1v) is 26.4. The maximum absolute atomic E-state index is 12.7. The van der Waals surface area contributed by atoms with Crippen molar-refractivity contribution in [2.24, 2.45) is 0 Å². The molecule has 0 saturated heterocycles. The topological polar surface area (TPSA) is 94.1 Å². The molecule has 2 unspecified atom stereocenters. The van der Waals surface area contributed by atoms with Crippen LogP contribution in [0.5, 0.6) is 0 Å². The molecule has 9 heteroatoms. The molecular weight excluding hydrogens is 746 g/mol. The highest BCUT2D eigenvalue weighted by Crippen LogP contribution is 2.38. The Kier molecular flexibility index (Phi) is 42.3. The van der Waals surface area contributed by atoms with E-state index in [9.17, 15) is 14.3 Å². The largest absolute Gasteiger partial charge is 0.756 e. The number of allylic oxidation sites excluding steroid dienone is 2. The number of esters is 1. The van der Waals surface area contributed by atoms with E-state index in [4.69, 9.17) is 18.5 Å². The van der Waals surface area contributed by atoms with E-state index in [2.05, 4.69) is 26.0 Å². The predicted octanol–water partition coefficient (Wildman–Crippen LogP) is 14.4. The average molecular weight is 844 g/mol. The van der Waals surface area contributed by atoms with E-state index >= 15 is 0 Å². The summed E-state index contributed by atoms with van der Waals surface area (Å²) in [5, 5.41) is 0. The van der Waals surface area contributed by atoms with E-state index in [1.54, 1.807) is 0 Å². The third-order valence-electron chi connectivity index (χ3n) is 11.1. The van der Waals surface area contributed by atoms with Crippen LogP contribution < -0.4 is 4.89 Å². The lowest BCUT2D eigenvalue weighted by atomic mass is 10.0. The highest BCUT2D eigenvalue weighted by Gasteiger charge is 2.20. The molecule has 0 rings (SSSR count). The van der Waals surface area contributed by atoms with Crippen LogP contribution in [0.3, 0.4) is 0 Å². The highest BCUT2D eigenvalue weighted by molar-refractivity contribution is 7.45. The van der Waals surface area contributed by atoms with Gasteiger partial charge in [-0.3, -0.25) is 9.36 Å². The van der Waals surface area contributed by atoms with Crippen LogP contribution in [0.4, 0.5) is 0 Å². The third kappa shape index (κ3) is 46.3. The number of likely N-dealkylation sites (N-methyl/N-ethyl adjacent to an activating group) is 1. The second kappa shape index (κ2) is 42.9. The van der Waals surface area contributed by atoms with Crippen molar-refractivity contribution in [1.82, 2.24) is 0 Å². The molecule has 0 aliphatic carbocycles. The van der Waals surface area contributed by atoms with Gasteiger partial charge in [0.15, 0.2) is 0 Å². The molecule has 0 aromatic heterocycles. The van der Waals surface area contributed by atoms with E-state index in [0.29, 0.717) is 24.1 Å². The number of ether oxygens (including phenoxy) is 2. The summed E-state index contributed by atoms with van der Waals surface area (Å²) in [6.07, 6.45) is 48.1. The number of carbonyl (C=O) groups is 1. The van der Waals surface area contributed by atoms with Crippen LogP contribution in [0.25, 0.3) is 0 Å². The van der Waals surface area contributed by atoms with Crippen LogP contribution in [0.1, 0.15) is 239 Å². The average Bonchev–Trinajstić information content (AvgIpc) is 3.18. The van der Waals surface area contributed by atoms with Crippen molar-refractivity contribution >= 4 is 13.8 Å². The summed E-state index contributed by atoms with van der Waals surface area (Å²) in [6.45, 7) is 5.46. The first-order valence-electron chi connectivity index (χ1n) is 24.9. The number of hydrogen-bond acceptors (Lipinski definition) is 7.